The molecule has 0 saturated heterocycles. The van der Waals surface area contributed by atoms with Crippen molar-refractivity contribution in [1.29, 1.82) is 0 Å². The Morgan fingerprint density at radius 2 is 0.847 bits per heavy atom. The Labute approximate surface area is 353 Å². The standard InChI is InChI=1S/C58H61N/c1-55(2)52-27-46(17-18-48(52)49-28-50-47-7-3-4-8-51(47)58(19-5-6-20-58)54(50)29-53(49)55)59(44-13-9-42(10-14-44)56-30-36-21-37(31-56)23-38(22-36)32-56)45-15-11-43(12-16-45)57-33-39-24-40(34-57)26-41(25-39)35-57/h3-4,7-18,27-29,36-41H,5-6,19-26,30-35H2,1-2H3. The van der Waals surface area contributed by atoms with Crippen molar-refractivity contribution in [2.24, 2.45) is 35.5 Å². The molecule has 1 nitrogen and oxygen atoms in total. The third kappa shape index (κ3) is 4.75. The van der Waals surface area contributed by atoms with Crippen molar-refractivity contribution in [3.63, 3.8) is 0 Å². The van der Waals surface area contributed by atoms with E-state index in [9.17, 15) is 0 Å². The summed E-state index contributed by atoms with van der Waals surface area (Å²) in [6.07, 6.45) is 22.8. The molecule has 1 spiro atoms. The zero-order chi connectivity index (χ0) is 38.9. The molecule has 16 rings (SSSR count). The summed E-state index contributed by atoms with van der Waals surface area (Å²) in [5.74, 6) is 5.77. The van der Waals surface area contributed by atoms with Gasteiger partial charge in [-0.2, -0.15) is 0 Å². The molecule has 9 fully saturated rings. The van der Waals surface area contributed by atoms with Crippen molar-refractivity contribution in [3.05, 3.63) is 137 Å². The lowest BCUT2D eigenvalue weighted by atomic mass is 9.48. The average Bonchev–Trinajstić information content (AvgIpc) is 3.89. The van der Waals surface area contributed by atoms with Crippen LogP contribution in [0, 0.1) is 35.5 Å². The van der Waals surface area contributed by atoms with Crippen molar-refractivity contribution >= 4 is 17.1 Å². The van der Waals surface area contributed by atoms with E-state index in [1.807, 2.05) is 0 Å². The fourth-order valence-electron chi connectivity index (χ4n) is 17.6. The van der Waals surface area contributed by atoms with E-state index in [4.69, 9.17) is 0 Å². The normalized spacial score (nSPS) is 33.9. The third-order valence-corrected chi connectivity index (χ3v) is 19.3. The van der Waals surface area contributed by atoms with Gasteiger partial charge in [-0.1, -0.05) is 87.4 Å². The van der Waals surface area contributed by atoms with Gasteiger partial charge in [0.1, 0.15) is 0 Å². The van der Waals surface area contributed by atoms with E-state index in [0.717, 1.165) is 35.5 Å². The van der Waals surface area contributed by atoms with Gasteiger partial charge in [0.05, 0.1) is 0 Å². The van der Waals surface area contributed by atoms with Crippen LogP contribution in [0.5, 0.6) is 0 Å². The largest absolute Gasteiger partial charge is 0.310 e. The molecule has 8 bridgehead atoms. The molecule has 298 valence electrons. The van der Waals surface area contributed by atoms with E-state index in [1.54, 1.807) is 22.3 Å². The van der Waals surface area contributed by atoms with Crippen molar-refractivity contribution in [2.45, 2.75) is 138 Å². The molecule has 0 radical (unpaired) electrons. The molecule has 0 unspecified atom stereocenters. The monoisotopic (exact) mass is 771 g/mol. The summed E-state index contributed by atoms with van der Waals surface area (Å²) in [5, 5.41) is 0. The molecule has 5 aromatic carbocycles. The lowest BCUT2D eigenvalue weighted by Gasteiger charge is -2.57. The van der Waals surface area contributed by atoms with Crippen molar-refractivity contribution in [2.75, 3.05) is 4.90 Å². The van der Waals surface area contributed by atoms with Gasteiger partial charge in [0.15, 0.2) is 0 Å². The Morgan fingerprint density at radius 3 is 1.37 bits per heavy atom. The summed E-state index contributed by atoms with van der Waals surface area (Å²) in [6, 6.07) is 42.4. The fraction of sp³-hybridized carbons (Fsp3) is 0.483. The molecule has 59 heavy (non-hydrogen) atoms. The van der Waals surface area contributed by atoms with Crippen LogP contribution in [0.25, 0.3) is 22.3 Å². The Bertz CT molecular complexity index is 2380. The quantitative estimate of drug-likeness (QED) is 0.172. The second kappa shape index (κ2) is 11.8. The first-order chi connectivity index (χ1) is 28.8. The maximum absolute atomic E-state index is 2.68. The van der Waals surface area contributed by atoms with E-state index in [0.29, 0.717) is 10.8 Å². The highest BCUT2D eigenvalue weighted by atomic mass is 15.1. The summed E-state index contributed by atoms with van der Waals surface area (Å²) in [6.45, 7) is 5.00. The minimum atomic E-state index is -0.0827. The number of fused-ring (bicyclic) bond motifs is 8. The van der Waals surface area contributed by atoms with Crippen LogP contribution in [0.2, 0.25) is 0 Å². The summed E-state index contributed by atoms with van der Waals surface area (Å²) >= 11 is 0. The third-order valence-electron chi connectivity index (χ3n) is 19.3. The molecule has 0 heterocycles. The van der Waals surface area contributed by atoms with E-state index in [-0.39, 0.29) is 10.8 Å². The SMILES string of the molecule is CC1(C)c2cc(N(c3ccc(C45CC6CC(CC(C6)C4)C5)cc3)c3ccc(C45CC6CC(CC(C6)C4)C5)cc3)ccc2-c2cc3c(cc21)C1(CCCC1)c1ccccc1-3. The van der Waals surface area contributed by atoms with Gasteiger partial charge < -0.3 is 4.90 Å². The minimum Gasteiger partial charge on any atom is -0.310 e. The molecule has 11 aliphatic carbocycles. The maximum Gasteiger partial charge on any atom is 0.0465 e. The topological polar surface area (TPSA) is 3.24 Å². The summed E-state index contributed by atoms with van der Waals surface area (Å²) in [7, 11) is 0. The summed E-state index contributed by atoms with van der Waals surface area (Å²) in [4.78, 5) is 2.61. The molecule has 9 saturated carbocycles. The molecule has 5 aromatic rings. The predicted octanol–water partition coefficient (Wildman–Crippen LogP) is 15.2. The van der Waals surface area contributed by atoms with Gasteiger partial charge in [-0.3, -0.25) is 0 Å². The van der Waals surface area contributed by atoms with Gasteiger partial charge in [-0.15, -0.1) is 0 Å². The Balaban J connectivity index is 0.873. The highest BCUT2D eigenvalue weighted by Gasteiger charge is 2.53. The van der Waals surface area contributed by atoms with Crippen LogP contribution in [0.4, 0.5) is 17.1 Å². The van der Waals surface area contributed by atoms with Gasteiger partial charge >= 0.3 is 0 Å². The smallest absolute Gasteiger partial charge is 0.0465 e. The Morgan fingerprint density at radius 1 is 0.407 bits per heavy atom. The van der Waals surface area contributed by atoms with Crippen molar-refractivity contribution < 1.29 is 0 Å². The summed E-state index contributed by atoms with van der Waals surface area (Å²) in [5.41, 5.74) is 20.1. The van der Waals surface area contributed by atoms with Gasteiger partial charge in [-0.05, 0) is 234 Å². The molecule has 0 N–H and O–H groups in total. The number of hydrogen-bond donors (Lipinski definition) is 0. The molecular formula is C58H61N. The van der Waals surface area contributed by atoms with E-state index in [1.165, 1.54) is 153 Å². The second-order valence-corrected chi connectivity index (χ2v) is 23.0. The highest BCUT2D eigenvalue weighted by Crippen LogP contribution is 2.64. The highest BCUT2D eigenvalue weighted by molar-refractivity contribution is 5.92. The maximum atomic E-state index is 2.68. The van der Waals surface area contributed by atoms with Crippen molar-refractivity contribution in [1.82, 2.24) is 0 Å². The van der Waals surface area contributed by atoms with E-state index < -0.39 is 0 Å². The van der Waals surface area contributed by atoms with Crippen LogP contribution >= 0.6 is 0 Å². The van der Waals surface area contributed by atoms with Crippen LogP contribution in [0.1, 0.15) is 150 Å². The van der Waals surface area contributed by atoms with Crippen molar-refractivity contribution in [3.8, 4) is 22.3 Å². The van der Waals surface area contributed by atoms with Crippen LogP contribution in [-0.4, -0.2) is 0 Å². The van der Waals surface area contributed by atoms with Gasteiger partial charge in [-0.25, -0.2) is 0 Å². The zero-order valence-electron chi connectivity index (χ0n) is 35.5. The second-order valence-electron chi connectivity index (χ2n) is 23.0. The van der Waals surface area contributed by atoms with Gasteiger partial charge in [0, 0.05) is 27.9 Å². The molecular weight excluding hydrogens is 711 g/mol. The molecule has 1 heteroatoms. The first-order valence-electron chi connectivity index (χ1n) is 24.2. The predicted molar refractivity (Wildman–Crippen MR) is 243 cm³/mol. The minimum absolute atomic E-state index is 0.0827. The van der Waals surface area contributed by atoms with Crippen LogP contribution in [0.3, 0.4) is 0 Å². The molecule has 0 atom stereocenters. The number of anilines is 3. The van der Waals surface area contributed by atoms with Crippen LogP contribution < -0.4 is 4.90 Å². The molecule has 11 aliphatic rings. The van der Waals surface area contributed by atoms with Crippen LogP contribution in [0.15, 0.2) is 103 Å². The Kier molecular flexibility index (Phi) is 6.94. The van der Waals surface area contributed by atoms with Gasteiger partial charge in [0.2, 0.25) is 0 Å². The molecule has 0 amide bonds. The number of rotatable bonds is 5. The van der Waals surface area contributed by atoms with Gasteiger partial charge in [0.25, 0.3) is 0 Å². The van der Waals surface area contributed by atoms with E-state index in [2.05, 4.69) is 122 Å². The number of hydrogen-bond acceptors (Lipinski definition) is 1. The van der Waals surface area contributed by atoms with Crippen LogP contribution in [-0.2, 0) is 21.7 Å². The lowest BCUT2D eigenvalue weighted by Crippen LogP contribution is -2.48. The summed E-state index contributed by atoms with van der Waals surface area (Å²) < 4.78 is 0. The first kappa shape index (κ1) is 34.6. The Hall–Kier alpha value is -4.10. The molecule has 0 aromatic heterocycles. The number of nitrogens with zero attached hydrogens (tertiary/aromatic N) is 1. The first-order valence-corrected chi connectivity index (χ1v) is 24.2. The average molecular weight is 772 g/mol. The zero-order valence-corrected chi connectivity index (χ0v) is 35.5. The van der Waals surface area contributed by atoms with E-state index >= 15 is 0 Å². The number of benzene rings is 5. The lowest BCUT2D eigenvalue weighted by molar-refractivity contribution is -0.00529. The molecule has 0 aliphatic heterocycles. The fourth-order valence-corrected chi connectivity index (χ4v) is 17.6.